The molecular weight excluding hydrogens is 256 g/mol. The smallest absolute Gasteiger partial charge is 0.377 e. The highest BCUT2D eigenvalue weighted by molar-refractivity contribution is 5.86. The molecule has 1 fully saturated rings. The molecule has 108 valence electrons. The molecule has 0 saturated heterocycles. The van der Waals surface area contributed by atoms with E-state index in [1.807, 2.05) is 19.1 Å². The van der Waals surface area contributed by atoms with Gasteiger partial charge in [0.1, 0.15) is 12.0 Å². The van der Waals surface area contributed by atoms with Crippen molar-refractivity contribution in [3.63, 3.8) is 0 Å². The molecule has 0 spiro atoms. The van der Waals surface area contributed by atoms with Crippen LogP contribution in [0.4, 0.5) is 0 Å². The van der Waals surface area contributed by atoms with E-state index in [4.69, 9.17) is 9.84 Å². The highest BCUT2D eigenvalue weighted by atomic mass is 16.6. The van der Waals surface area contributed by atoms with Crippen LogP contribution in [-0.4, -0.2) is 18.2 Å². The van der Waals surface area contributed by atoms with Crippen molar-refractivity contribution in [3.8, 4) is 5.75 Å². The number of aryl methyl sites for hydroxylation is 1. The summed E-state index contributed by atoms with van der Waals surface area (Å²) in [7, 11) is 1.25. The second-order valence-electron chi connectivity index (χ2n) is 5.09. The van der Waals surface area contributed by atoms with Crippen molar-refractivity contribution < 1.29 is 19.4 Å². The van der Waals surface area contributed by atoms with Gasteiger partial charge >= 0.3 is 5.97 Å². The molecule has 0 aliphatic heterocycles. The first-order valence-electron chi connectivity index (χ1n) is 6.86. The number of carbonyl (C=O) groups excluding carboxylic acids is 1. The quantitative estimate of drug-likeness (QED) is 0.518. The molecule has 0 heterocycles. The summed E-state index contributed by atoms with van der Waals surface area (Å²) >= 11 is 0. The van der Waals surface area contributed by atoms with Crippen LogP contribution in [0.2, 0.25) is 0 Å². The maximum atomic E-state index is 11.4. The molecule has 20 heavy (non-hydrogen) atoms. The Morgan fingerprint density at radius 3 is 2.65 bits per heavy atom. The molecule has 0 unspecified atom stereocenters. The number of carbonyl (C=O) groups is 1. The second-order valence-corrected chi connectivity index (χ2v) is 5.09. The lowest BCUT2D eigenvalue weighted by Gasteiger charge is -2.14. The van der Waals surface area contributed by atoms with E-state index in [1.165, 1.54) is 38.4 Å². The lowest BCUT2D eigenvalue weighted by atomic mass is 9.96. The van der Waals surface area contributed by atoms with Gasteiger partial charge in [-0.25, -0.2) is 4.79 Å². The van der Waals surface area contributed by atoms with Crippen LogP contribution in [0.1, 0.15) is 42.7 Å². The van der Waals surface area contributed by atoms with E-state index >= 15 is 0 Å². The third kappa shape index (κ3) is 3.13. The van der Waals surface area contributed by atoms with E-state index in [2.05, 4.69) is 10.8 Å². The summed E-state index contributed by atoms with van der Waals surface area (Å²) in [5, 5.41) is 9.07. The number of esters is 1. The highest BCUT2D eigenvalue weighted by Crippen LogP contribution is 2.36. The van der Waals surface area contributed by atoms with Gasteiger partial charge in [-0.05, 0) is 42.9 Å². The number of hydrogen-bond acceptors (Lipinski definition) is 4. The van der Waals surface area contributed by atoms with Gasteiger partial charge in [0, 0.05) is 0 Å². The lowest BCUT2D eigenvalue weighted by molar-refractivity contribution is -0.138. The predicted octanol–water partition coefficient (Wildman–Crippen LogP) is 3.60. The fraction of sp³-hybridized carbons (Fsp3) is 0.438. The molecule has 1 aromatic carbocycles. The first-order valence-corrected chi connectivity index (χ1v) is 6.86. The first kappa shape index (κ1) is 14.4. The molecule has 1 N–H and O–H groups in total. The Labute approximate surface area is 119 Å². The van der Waals surface area contributed by atoms with Crippen molar-refractivity contribution in [1.82, 2.24) is 0 Å². The Kier molecular flexibility index (Phi) is 4.66. The van der Waals surface area contributed by atoms with Crippen LogP contribution in [0.15, 0.2) is 30.2 Å². The van der Waals surface area contributed by atoms with Gasteiger partial charge in [0.2, 0.25) is 5.76 Å². The normalized spacial score (nSPS) is 16.2. The molecule has 1 aliphatic rings. The predicted molar refractivity (Wildman–Crippen MR) is 75.7 cm³/mol. The van der Waals surface area contributed by atoms with Gasteiger partial charge < -0.3 is 14.6 Å². The number of rotatable bonds is 4. The number of aliphatic hydroxyl groups excluding tert-OH is 1. The number of aliphatic hydroxyl groups is 1. The minimum absolute atomic E-state index is 0.209. The zero-order valence-corrected chi connectivity index (χ0v) is 11.9. The summed E-state index contributed by atoms with van der Waals surface area (Å²) in [5.41, 5.74) is 2.14. The molecule has 1 saturated carbocycles. The second kappa shape index (κ2) is 6.46. The van der Waals surface area contributed by atoms with Gasteiger partial charge in [0.05, 0.1) is 7.11 Å². The minimum Gasteiger partial charge on any atom is -0.511 e. The van der Waals surface area contributed by atoms with Gasteiger partial charge in [-0.1, -0.05) is 25.0 Å². The van der Waals surface area contributed by atoms with Crippen molar-refractivity contribution in [2.24, 2.45) is 0 Å². The number of methoxy groups -OCH3 is 1. The van der Waals surface area contributed by atoms with Crippen LogP contribution in [0.25, 0.3) is 0 Å². The van der Waals surface area contributed by atoms with Gasteiger partial charge in [-0.2, -0.15) is 0 Å². The molecule has 0 bridgehead atoms. The highest BCUT2D eigenvalue weighted by Gasteiger charge is 2.19. The Morgan fingerprint density at radius 2 is 2.05 bits per heavy atom. The van der Waals surface area contributed by atoms with Gasteiger partial charge in [0.15, 0.2) is 0 Å². The Morgan fingerprint density at radius 1 is 1.35 bits per heavy atom. The molecular formula is C16H20O4. The standard InChI is InChI=1S/C16H20O4/c1-11-7-8-13(12-5-3-4-6-12)9-14(11)20-15(10-17)16(18)19-2/h7-10,12,17H,3-6H2,1-2H3/b15-10-. The zero-order chi connectivity index (χ0) is 14.5. The molecule has 0 amide bonds. The van der Waals surface area contributed by atoms with E-state index in [1.54, 1.807) is 0 Å². The topological polar surface area (TPSA) is 55.8 Å². The van der Waals surface area contributed by atoms with Crippen LogP contribution < -0.4 is 4.74 Å². The summed E-state index contributed by atoms with van der Waals surface area (Å²) in [5.74, 6) is 0.245. The number of benzene rings is 1. The van der Waals surface area contributed by atoms with E-state index in [0.29, 0.717) is 17.9 Å². The SMILES string of the molecule is COC(=O)/C(=C/O)Oc1cc(C2CCCC2)ccc1C. The van der Waals surface area contributed by atoms with Gasteiger partial charge in [-0.3, -0.25) is 0 Å². The number of hydrogen-bond donors (Lipinski definition) is 1. The average molecular weight is 276 g/mol. The lowest BCUT2D eigenvalue weighted by Crippen LogP contribution is -2.11. The van der Waals surface area contributed by atoms with Gasteiger partial charge in [0.25, 0.3) is 0 Å². The molecule has 0 atom stereocenters. The molecule has 4 heteroatoms. The summed E-state index contributed by atoms with van der Waals surface area (Å²) < 4.78 is 10.0. The zero-order valence-electron chi connectivity index (χ0n) is 11.9. The third-order valence-electron chi connectivity index (χ3n) is 3.76. The molecule has 4 nitrogen and oxygen atoms in total. The molecule has 1 aromatic rings. The molecule has 2 rings (SSSR count). The first-order chi connectivity index (χ1) is 9.65. The van der Waals surface area contributed by atoms with E-state index in [9.17, 15) is 4.79 Å². The third-order valence-corrected chi connectivity index (χ3v) is 3.76. The van der Waals surface area contributed by atoms with E-state index in [-0.39, 0.29) is 5.76 Å². The minimum atomic E-state index is -0.696. The average Bonchev–Trinajstić information content (AvgIpc) is 2.99. The van der Waals surface area contributed by atoms with Crippen molar-refractivity contribution in [2.75, 3.05) is 7.11 Å². The number of ether oxygens (including phenoxy) is 2. The molecule has 0 radical (unpaired) electrons. The summed E-state index contributed by atoms with van der Waals surface area (Å²) in [6.45, 7) is 1.90. The Hall–Kier alpha value is -1.97. The van der Waals surface area contributed by atoms with E-state index in [0.717, 1.165) is 5.56 Å². The van der Waals surface area contributed by atoms with Crippen LogP contribution in [0, 0.1) is 6.92 Å². The molecule has 0 aromatic heterocycles. The fourth-order valence-corrected chi connectivity index (χ4v) is 2.58. The fourth-order valence-electron chi connectivity index (χ4n) is 2.58. The van der Waals surface area contributed by atoms with Crippen molar-refractivity contribution in [3.05, 3.63) is 41.3 Å². The van der Waals surface area contributed by atoms with Crippen LogP contribution in [-0.2, 0) is 9.53 Å². The monoisotopic (exact) mass is 276 g/mol. The largest absolute Gasteiger partial charge is 0.511 e. The summed E-state index contributed by atoms with van der Waals surface area (Å²) in [4.78, 5) is 11.4. The van der Waals surface area contributed by atoms with Crippen molar-refractivity contribution >= 4 is 5.97 Å². The van der Waals surface area contributed by atoms with Crippen molar-refractivity contribution in [2.45, 2.75) is 38.5 Å². The Balaban J connectivity index is 2.22. The maximum Gasteiger partial charge on any atom is 0.377 e. The van der Waals surface area contributed by atoms with E-state index < -0.39 is 5.97 Å². The summed E-state index contributed by atoms with van der Waals surface area (Å²) in [6.07, 6.45) is 5.55. The Bertz CT molecular complexity index is 513. The van der Waals surface area contributed by atoms with Crippen LogP contribution in [0.5, 0.6) is 5.75 Å². The van der Waals surface area contributed by atoms with Crippen LogP contribution >= 0.6 is 0 Å². The summed E-state index contributed by atoms with van der Waals surface area (Å²) in [6, 6.07) is 6.05. The van der Waals surface area contributed by atoms with Crippen LogP contribution in [0.3, 0.4) is 0 Å². The van der Waals surface area contributed by atoms with Gasteiger partial charge in [-0.15, -0.1) is 0 Å². The van der Waals surface area contributed by atoms with Crippen molar-refractivity contribution in [1.29, 1.82) is 0 Å². The maximum absolute atomic E-state index is 11.4. The molecule has 1 aliphatic carbocycles.